The van der Waals surface area contributed by atoms with Crippen molar-refractivity contribution < 1.29 is 0 Å². The second kappa shape index (κ2) is 7.12. The molecule has 17 heavy (non-hydrogen) atoms. The van der Waals surface area contributed by atoms with Gasteiger partial charge in [-0.1, -0.05) is 0 Å². The van der Waals surface area contributed by atoms with E-state index in [4.69, 9.17) is 11.5 Å². The minimum atomic E-state index is 0.680. The first-order valence-electron chi connectivity index (χ1n) is 4.41. The number of nitrogens with zero attached hydrogens (tertiary/aromatic N) is 2. The van der Waals surface area contributed by atoms with Gasteiger partial charge < -0.3 is 11.5 Å². The van der Waals surface area contributed by atoms with E-state index in [1.807, 2.05) is 6.07 Å². The van der Waals surface area contributed by atoms with Crippen LogP contribution in [-0.2, 0) is 0 Å². The van der Waals surface area contributed by atoms with Gasteiger partial charge >= 0.3 is 0 Å². The molecule has 0 amide bonds. The van der Waals surface area contributed by atoms with Crippen LogP contribution in [0.3, 0.4) is 0 Å². The van der Waals surface area contributed by atoms with Crippen molar-refractivity contribution in [2.75, 3.05) is 11.5 Å². The number of hydrogen-bond acceptors (Lipinski definition) is 4. The van der Waals surface area contributed by atoms with Crippen LogP contribution in [0.1, 0.15) is 0 Å². The lowest BCUT2D eigenvalue weighted by Crippen LogP contribution is -1.90. The van der Waals surface area contributed by atoms with Crippen LogP contribution >= 0.6 is 54.5 Å². The lowest BCUT2D eigenvalue weighted by molar-refractivity contribution is 1.26. The number of rotatable bonds is 0. The highest BCUT2D eigenvalue weighted by molar-refractivity contribution is 14.1. The van der Waals surface area contributed by atoms with Gasteiger partial charge in [0.25, 0.3) is 0 Å². The third-order valence-corrected chi connectivity index (χ3v) is 3.33. The highest BCUT2D eigenvalue weighted by atomic mass is 127. The van der Waals surface area contributed by atoms with Gasteiger partial charge in [-0.25, -0.2) is 4.98 Å². The van der Waals surface area contributed by atoms with Crippen LogP contribution in [0.5, 0.6) is 0 Å². The Morgan fingerprint density at radius 2 is 1.65 bits per heavy atom. The average molecular weight is 472 g/mol. The van der Waals surface area contributed by atoms with E-state index in [2.05, 4.69) is 64.4 Å². The molecular weight excluding hydrogens is 463 g/mol. The normalized spacial score (nSPS) is 9.35. The van der Waals surface area contributed by atoms with Gasteiger partial charge in [-0.05, 0) is 66.6 Å². The first-order valence-corrected chi connectivity index (χ1v) is 7.08. The second-order valence-electron chi connectivity index (χ2n) is 2.97. The third-order valence-electron chi connectivity index (χ3n) is 1.56. The topological polar surface area (TPSA) is 77.8 Å². The molecule has 0 aliphatic carbocycles. The van der Waals surface area contributed by atoms with Crippen molar-refractivity contribution >= 4 is 65.8 Å². The highest BCUT2D eigenvalue weighted by Crippen LogP contribution is 2.16. The number of hydrogen-bond donors (Lipinski definition) is 2. The zero-order chi connectivity index (χ0) is 12.8. The molecule has 0 unspecified atom stereocenters. The first kappa shape index (κ1) is 14.7. The fraction of sp³-hybridized carbons (Fsp3) is 0. The van der Waals surface area contributed by atoms with Gasteiger partial charge in [-0.2, -0.15) is 0 Å². The lowest BCUT2D eigenvalue weighted by atomic mass is 10.4. The first-order chi connectivity index (χ1) is 7.99. The van der Waals surface area contributed by atoms with Gasteiger partial charge in [0, 0.05) is 27.5 Å². The maximum absolute atomic E-state index is 5.52. The van der Waals surface area contributed by atoms with E-state index in [-0.39, 0.29) is 0 Å². The number of nitrogens with two attached hydrogens (primary N) is 2. The second-order valence-corrected chi connectivity index (χ2v) is 5.82. The molecule has 2 heterocycles. The average Bonchev–Trinajstić information content (AvgIpc) is 2.24. The molecule has 0 aromatic carbocycles. The fourth-order valence-corrected chi connectivity index (χ4v) is 1.89. The molecule has 0 saturated heterocycles. The number of pyridine rings is 2. The molecule has 0 bridgehead atoms. The molecule has 0 spiro atoms. The van der Waals surface area contributed by atoms with Crippen molar-refractivity contribution in [1.82, 2.24) is 9.97 Å². The molecule has 2 aromatic heterocycles. The van der Waals surface area contributed by atoms with Crippen LogP contribution in [0.4, 0.5) is 11.4 Å². The molecule has 90 valence electrons. The number of aromatic nitrogens is 2. The molecule has 4 N–H and O–H groups in total. The smallest absolute Gasteiger partial charge is 0.124 e. The Balaban J connectivity index is 0.000000171. The molecule has 0 aliphatic rings. The number of nitrogen functional groups attached to an aromatic ring is 2. The monoisotopic (exact) mass is 470 g/mol. The van der Waals surface area contributed by atoms with Crippen molar-refractivity contribution in [1.29, 1.82) is 0 Å². The molecule has 4 nitrogen and oxygen atoms in total. The quantitative estimate of drug-likeness (QED) is 0.455. The Hall–Kier alpha value is -0.410. The summed E-state index contributed by atoms with van der Waals surface area (Å²) >= 11 is 8.55. The van der Waals surface area contributed by atoms with E-state index in [0.717, 1.165) is 12.6 Å². The fourth-order valence-electron chi connectivity index (χ4n) is 0.867. The highest BCUT2D eigenvalue weighted by Gasteiger charge is 1.94. The summed E-state index contributed by atoms with van der Waals surface area (Å²) < 4.78 is 2.67. The maximum Gasteiger partial charge on any atom is 0.124 e. The number of halogens is 3. The molecule has 0 radical (unpaired) electrons. The van der Waals surface area contributed by atoms with Gasteiger partial charge in [0.2, 0.25) is 0 Å². The Bertz CT molecular complexity index is 490. The van der Waals surface area contributed by atoms with Crippen molar-refractivity contribution in [2.45, 2.75) is 0 Å². The van der Waals surface area contributed by atoms with E-state index in [1.165, 1.54) is 0 Å². The predicted octanol–water partition coefficient (Wildman–Crippen LogP) is 3.46. The van der Waals surface area contributed by atoms with Crippen molar-refractivity contribution in [2.24, 2.45) is 0 Å². The third kappa shape index (κ3) is 5.64. The molecule has 0 aliphatic heterocycles. The Kier molecular flexibility index (Phi) is 6.14. The van der Waals surface area contributed by atoms with Gasteiger partial charge in [0.05, 0.1) is 11.4 Å². The standard InChI is InChI=1S/C5H4BrIN2.C5H5BrN2/c6-3-1-4(8)5(7)9-2-3;6-4-1-5(7)3-8-2-4/h1-2H,8H2;1-3H,7H2. The van der Waals surface area contributed by atoms with E-state index < -0.39 is 0 Å². The molecule has 7 heteroatoms. The van der Waals surface area contributed by atoms with Crippen LogP contribution in [0.15, 0.2) is 39.7 Å². The zero-order valence-corrected chi connectivity index (χ0v) is 13.9. The van der Waals surface area contributed by atoms with Crippen LogP contribution in [0.25, 0.3) is 0 Å². The summed E-state index contributed by atoms with van der Waals surface area (Å²) in [5.74, 6) is 0. The van der Waals surface area contributed by atoms with Crippen LogP contribution in [-0.4, -0.2) is 9.97 Å². The van der Waals surface area contributed by atoms with Crippen LogP contribution in [0.2, 0.25) is 0 Å². The van der Waals surface area contributed by atoms with Crippen molar-refractivity contribution in [3.05, 3.63) is 43.4 Å². The van der Waals surface area contributed by atoms with Crippen molar-refractivity contribution in [3.8, 4) is 0 Å². The summed E-state index contributed by atoms with van der Waals surface area (Å²) in [6.45, 7) is 0. The summed E-state index contributed by atoms with van der Waals surface area (Å²) in [5.41, 5.74) is 12.3. The SMILES string of the molecule is Nc1cc(Br)cnc1I.Nc1cncc(Br)c1. The van der Waals surface area contributed by atoms with Gasteiger partial charge in [-0.15, -0.1) is 0 Å². The van der Waals surface area contributed by atoms with E-state index >= 15 is 0 Å². The van der Waals surface area contributed by atoms with Crippen molar-refractivity contribution in [3.63, 3.8) is 0 Å². The maximum atomic E-state index is 5.52. The predicted molar refractivity (Wildman–Crippen MR) is 85.4 cm³/mol. The van der Waals surface area contributed by atoms with Gasteiger partial charge in [0.1, 0.15) is 3.70 Å². The van der Waals surface area contributed by atoms with E-state index in [0.29, 0.717) is 11.4 Å². The van der Waals surface area contributed by atoms with Gasteiger partial charge in [-0.3, -0.25) is 4.98 Å². The minimum absolute atomic E-state index is 0.680. The van der Waals surface area contributed by atoms with Crippen LogP contribution in [0, 0.1) is 3.70 Å². The Labute approximate surface area is 130 Å². The molecule has 2 rings (SSSR count). The summed E-state index contributed by atoms with van der Waals surface area (Å²) in [7, 11) is 0. The lowest BCUT2D eigenvalue weighted by Gasteiger charge is -1.94. The minimum Gasteiger partial charge on any atom is -0.397 e. The van der Waals surface area contributed by atoms with E-state index in [1.54, 1.807) is 24.7 Å². The molecule has 0 atom stereocenters. The summed E-state index contributed by atoms with van der Waals surface area (Å²) in [4.78, 5) is 7.80. The molecule has 0 saturated carbocycles. The number of anilines is 2. The molecular formula is C10H9Br2IN4. The van der Waals surface area contributed by atoms with Gasteiger partial charge in [0.15, 0.2) is 0 Å². The Morgan fingerprint density at radius 3 is 2.06 bits per heavy atom. The summed E-state index contributed by atoms with van der Waals surface area (Å²) in [6.07, 6.45) is 5.01. The zero-order valence-electron chi connectivity index (χ0n) is 8.57. The Morgan fingerprint density at radius 1 is 1.00 bits per heavy atom. The molecule has 2 aromatic rings. The summed E-state index contributed by atoms with van der Waals surface area (Å²) in [6, 6.07) is 3.63. The largest absolute Gasteiger partial charge is 0.397 e. The summed E-state index contributed by atoms with van der Waals surface area (Å²) in [5, 5.41) is 0. The van der Waals surface area contributed by atoms with Crippen LogP contribution < -0.4 is 11.5 Å². The van der Waals surface area contributed by atoms with E-state index in [9.17, 15) is 0 Å². The molecule has 0 fully saturated rings.